The van der Waals surface area contributed by atoms with Crippen molar-refractivity contribution < 1.29 is 18.3 Å². The van der Waals surface area contributed by atoms with E-state index in [0.29, 0.717) is 11.3 Å². The lowest BCUT2D eigenvalue weighted by Crippen LogP contribution is -2.36. The summed E-state index contributed by atoms with van der Waals surface area (Å²) in [5.74, 6) is -0.223. The van der Waals surface area contributed by atoms with Gasteiger partial charge in [0, 0.05) is 18.8 Å². The molecule has 1 aromatic rings. The van der Waals surface area contributed by atoms with Crippen LogP contribution in [0.4, 0.5) is 0 Å². The van der Waals surface area contributed by atoms with Crippen LogP contribution in [0.3, 0.4) is 0 Å². The maximum atomic E-state index is 12.4. The monoisotopic (exact) mass is 317 g/mol. The molecule has 1 atom stereocenters. The van der Waals surface area contributed by atoms with Crippen molar-refractivity contribution in [1.29, 1.82) is 0 Å². The summed E-state index contributed by atoms with van der Waals surface area (Å²) in [5.41, 5.74) is 0.580. The maximum Gasteiger partial charge on any atom is 0.307 e. The molecule has 1 aromatic carbocycles. The number of hydrogen-bond donors (Lipinski definition) is 1. The molecular formula is C13H19NO4S2. The van der Waals surface area contributed by atoms with Gasteiger partial charge in [-0.05, 0) is 30.9 Å². The average Bonchev–Trinajstić information content (AvgIpc) is 2.38. The zero-order valence-electron chi connectivity index (χ0n) is 11.7. The molecule has 1 N–H and O–H groups in total. The topological polar surface area (TPSA) is 74.7 Å². The summed E-state index contributed by atoms with van der Waals surface area (Å²) in [7, 11) is -1.98. The first-order chi connectivity index (χ1) is 9.28. The lowest BCUT2D eigenvalue weighted by molar-refractivity contribution is -0.136. The minimum atomic E-state index is -3.53. The van der Waals surface area contributed by atoms with Crippen molar-refractivity contribution in [2.24, 2.45) is 0 Å². The van der Waals surface area contributed by atoms with Crippen LogP contribution in [0.2, 0.25) is 0 Å². The average molecular weight is 317 g/mol. The highest BCUT2D eigenvalue weighted by Crippen LogP contribution is 2.18. The Bertz CT molecular complexity index is 554. The second kappa shape index (κ2) is 7.10. The molecule has 1 unspecified atom stereocenters. The van der Waals surface area contributed by atoms with Crippen molar-refractivity contribution in [3.63, 3.8) is 0 Å². The molecule has 0 aromatic heterocycles. The molecule has 112 valence electrons. The third kappa shape index (κ3) is 4.22. The summed E-state index contributed by atoms with van der Waals surface area (Å²) < 4.78 is 26.1. The van der Waals surface area contributed by atoms with E-state index in [9.17, 15) is 13.2 Å². The van der Waals surface area contributed by atoms with Gasteiger partial charge in [0.15, 0.2) is 0 Å². The van der Waals surface area contributed by atoms with Crippen LogP contribution in [-0.2, 0) is 21.2 Å². The maximum absolute atomic E-state index is 12.4. The van der Waals surface area contributed by atoms with Crippen molar-refractivity contribution in [2.45, 2.75) is 24.3 Å². The highest BCUT2D eigenvalue weighted by atomic mass is 32.2. The molecule has 0 heterocycles. The third-order valence-electron chi connectivity index (χ3n) is 2.98. The van der Waals surface area contributed by atoms with Gasteiger partial charge < -0.3 is 5.11 Å². The van der Waals surface area contributed by atoms with Crippen LogP contribution in [0.5, 0.6) is 0 Å². The smallest absolute Gasteiger partial charge is 0.307 e. The highest BCUT2D eigenvalue weighted by Gasteiger charge is 2.24. The van der Waals surface area contributed by atoms with Gasteiger partial charge in [0.25, 0.3) is 0 Å². The summed E-state index contributed by atoms with van der Waals surface area (Å²) in [5, 5.41) is 8.69. The number of hydrogen-bond acceptors (Lipinski definition) is 4. The first-order valence-corrected chi connectivity index (χ1v) is 8.90. The minimum Gasteiger partial charge on any atom is -0.481 e. The molecule has 0 saturated heterocycles. The third-order valence-corrected chi connectivity index (χ3v) is 5.79. The number of carbonyl (C=O) groups is 1. The van der Waals surface area contributed by atoms with Crippen LogP contribution in [0.15, 0.2) is 29.2 Å². The largest absolute Gasteiger partial charge is 0.481 e. The highest BCUT2D eigenvalue weighted by molar-refractivity contribution is 7.98. The first kappa shape index (κ1) is 17.0. The summed E-state index contributed by atoms with van der Waals surface area (Å²) in [6, 6.07) is 5.88. The van der Waals surface area contributed by atoms with Crippen LogP contribution in [0.1, 0.15) is 12.5 Å². The quantitative estimate of drug-likeness (QED) is 0.828. The van der Waals surface area contributed by atoms with Crippen LogP contribution in [-0.4, -0.2) is 48.9 Å². The number of carboxylic acid groups (broad SMARTS) is 1. The fraction of sp³-hybridized carbons (Fsp3) is 0.462. The molecule has 0 fully saturated rings. The molecule has 0 amide bonds. The standard InChI is InChI=1S/C13H19NO4S2/c1-10(9-19-3)14(2)20(17,18)12-6-4-11(5-7-12)8-13(15)16/h4-7,10H,8-9H2,1-3H3,(H,15,16). The summed E-state index contributed by atoms with van der Waals surface area (Å²) in [6.45, 7) is 1.85. The number of benzene rings is 1. The van der Waals surface area contributed by atoms with Gasteiger partial charge in [-0.2, -0.15) is 16.1 Å². The van der Waals surface area contributed by atoms with E-state index in [4.69, 9.17) is 5.11 Å². The van der Waals surface area contributed by atoms with Crippen molar-refractivity contribution in [1.82, 2.24) is 4.31 Å². The fourth-order valence-corrected chi connectivity index (χ4v) is 3.86. The molecule has 0 saturated carbocycles. The first-order valence-electron chi connectivity index (χ1n) is 6.06. The fourth-order valence-electron chi connectivity index (χ4n) is 1.70. The van der Waals surface area contributed by atoms with Crippen molar-refractivity contribution >= 4 is 27.8 Å². The van der Waals surface area contributed by atoms with Crippen LogP contribution in [0.25, 0.3) is 0 Å². The van der Waals surface area contributed by atoms with E-state index in [-0.39, 0.29) is 17.4 Å². The van der Waals surface area contributed by atoms with Gasteiger partial charge in [0.1, 0.15) is 0 Å². The molecular weight excluding hydrogens is 298 g/mol. The lowest BCUT2D eigenvalue weighted by atomic mass is 10.2. The molecule has 0 bridgehead atoms. The number of thioether (sulfide) groups is 1. The van der Waals surface area contributed by atoms with Crippen LogP contribution < -0.4 is 0 Å². The number of carboxylic acids is 1. The van der Waals surface area contributed by atoms with E-state index >= 15 is 0 Å². The van der Waals surface area contributed by atoms with Crippen molar-refractivity contribution in [3.05, 3.63) is 29.8 Å². The van der Waals surface area contributed by atoms with E-state index < -0.39 is 16.0 Å². The van der Waals surface area contributed by atoms with Crippen molar-refractivity contribution in [2.75, 3.05) is 19.1 Å². The van der Waals surface area contributed by atoms with Gasteiger partial charge in [0.05, 0.1) is 11.3 Å². The Balaban J connectivity index is 2.95. The number of rotatable bonds is 7. The SMILES string of the molecule is CSCC(C)N(C)S(=O)(=O)c1ccc(CC(=O)O)cc1. The molecule has 0 aliphatic rings. The Morgan fingerprint density at radius 3 is 2.35 bits per heavy atom. The van der Waals surface area contributed by atoms with Gasteiger partial charge in [-0.25, -0.2) is 8.42 Å². The summed E-state index contributed by atoms with van der Waals surface area (Å²) in [6.07, 6.45) is 1.82. The molecule has 0 radical (unpaired) electrons. The Hall–Kier alpha value is -1.05. The Morgan fingerprint density at radius 1 is 1.35 bits per heavy atom. The predicted octanol–water partition coefficient (Wildman–Crippen LogP) is 1.69. The zero-order chi connectivity index (χ0) is 15.3. The molecule has 1 rings (SSSR count). The van der Waals surface area contributed by atoms with E-state index in [2.05, 4.69) is 0 Å². The summed E-state index contributed by atoms with van der Waals surface area (Å²) >= 11 is 1.59. The number of aliphatic carboxylic acids is 1. The van der Waals surface area contributed by atoms with E-state index in [0.717, 1.165) is 0 Å². The van der Waals surface area contributed by atoms with E-state index in [1.165, 1.54) is 28.6 Å². The summed E-state index contributed by atoms with van der Waals surface area (Å²) in [4.78, 5) is 10.8. The molecule has 0 aliphatic heterocycles. The van der Waals surface area contributed by atoms with E-state index in [1.807, 2.05) is 13.2 Å². The van der Waals surface area contributed by atoms with Gasteiger partial charge in [-0.1, -0.05) is 12.1 Å². The van der Waals surface area contributed by atoms with Gasteiger partial charge >= 0.3 is 5.97 Å². The Kier molecular flexibility index (Phi) is 6.04. The lowest BCUT2D eigenvalue weighted by Gasteiger charge is -2.23. The normalized spacial score (nSPS) is 13.4. The van der Waals surface area contributed by atoms with E-state index in [1.54, 1.807) is 18.8 Å². The molecule has 20 heavy (non-hydrogen) atoms. The predicted molar refractivity (Wildman–Crippen MR) is 80.6 cm³/mol. The van der Waals surface area contributed by atoms with Gasteiger partial charge in [-0.15, -0.1) is 0 Å². The zero-order valence-corrected chi connectivity index (χ0v) is 13.4. The van der Waals surface area contributed by atoms with Gasteiger partial charge in [0.2, 0.25) is 10.0 Å². The molecule has 5 nitrogen and oxygen atoms in total. The Morgan fingerprint density at radius 2 is 1.90 bits per heavy atom. The minimum absolute atomic E-state index is 0.103. The molecule has 0 aliphatic carbocycles. The number of sulfonamides is 1. The van der Waals surface area contributed by atoms with Gasteiger partial charge in [-0.3, -0.25) is 4.79 Å². The second-order valence-corrected chi connectivity index (χ2v) is 7.45. The Labute approximate surface area is 124 Å². The molecule has 0 spiro atoms. The van der Waals surface area contributed by atoms with Crippen LogP contribution >= 0.6 is 11.8 Å². The van der Waals surface area contributed by atoms with Crippen molar-refractivity contribution in [3.8, 4) is 0 Å². The van der Waals surface area contributed by atoms with Crippen LogP contribution in [0, 0.1) is 0 Å². The number of nitrogens with zero attached hydrogens (tertiary/aromatic N) is 1. The second-order valence-electron chi connectivity index (χ2n) is 4.54. The molecule has 7 heteroatoms.